The third kappa shape index (κ3) is 4.49. The lowest BCUT2D eigenvalue weighted by molar-refractivity contribution is 0.00338. The van der Waals surface area contributed by atoms with Gasteiger partial charge in [-0.3, -0.25) is 0 Å². The molecule has 1 rings (SSSR count). The molecule has 1 heterocycles. The number of ether oxygens (including phenoxy) is 1. The number of nitrogens with zero attached hydrogens (tertiary/aromatic N) is 1. The Balaban J connectivity index is 2.71. The van der Waals surface area contributed by atoms with Gasteiger partial charge in [0.2, 0.25) is 11.7 Å². The Labute approximate surface area is 108 Å². The molecule has 0 bridgehead atoms. The average molecular weight is 254 g/mol. The maximum atomic E-state index is 11.7. The number of carbonyl (C=O) groups is 1. The van der Waals surface area contributed by atoms with Crippen LogP contribution < -0.4 is 5.73 Å². The number of hydrogen-bond acceptors (Lipinski definition) is 5. The van der Waals surface area contributed by atoms with Gasteiger partial charge in [0.1, 0.15) is 5.60 Å². The van der Waals surface area contributed by atoms with E-state index in [0.29, 0.717) is 11.8 Å². The van der Waals surface area contributed by atoms with Gasteiger partial charge in [-0.1, -0.05) is 13.8 Å². The SMILES string of the molecule is CC(C)CC(N)c1ncc(C(=O)OC(C)(C)C)o1. The zero-order valence-corrected chi connectivity index (χ0v) is 11.7. The van der Waals surface area contributed by atoms with Crippen molar-refractivity contribution in [3.63, 3.8) is 0 Å². The summed E-state index contributed by atoms with van der Waals surface area (Å²) < 4.78 is 10.5. The normalized spacial score (nSPS) is 13.7. The first-order valence-electron chi connectivity index (χ1n) is 6.13. The van der Waals surface area contributed by atoms with E-state index < -0.39 is 11.6 Å². The lowest BCUT2D eigenvalue weighted by Gasteiger charge is -2.18. The van der Waals surface area contributed by atoms with Crippen LogP contribution in [0.4, 0.5) is 0 Å². The molecule has 0 saturated carbocycles. The Morgan fingerprint density at radius 2 is 2.11 bits per heavy atom. The molecule has 0 radical (unpaired) electrons. The summed E-state index contributed by atoms with van der Waals surface area (Å²) in [5.74, 6) is 0.401. The van der Waals surface area contributed by atoms with Crippen molar-refractivity contribution >= 4 is 5.97 Å². The fourth-order valence-electron chi connectivity index (χ4n) is 1.49. The predicted molar refractivity (Wildman–Crippen MR) is 68.1 cm³/mol. The lowest BCUT2D eigenvalue weighted by atomic mass is 10.0. The molecule has 102 valence electrons. The van der Waals surface area contributed by atoms with Crippen LogP contribution in [0.25, 0.3) is 0 Å². The van der Waals surface area contributed by atoms with Gasteiger partial charge in [-0.2, -0.15) is 0 Å². The molecule has 5 heteroatoms. The number of hydrogen-bond donors (Lipinski definition) is 1. The molecular formula is C13H22N2O3. The molecule has 1 unspecified atom stereocenters. The van der Waals surface area contributed by atoms with Crippen LogP contribution in [-0.4, -0.2) is 16.6 Å². The van der Waals surface area contributed by atoms with Crippen LogP contribution in [0.5, 0.6) is 0 Å². The van der Waals surface area contributed by atoms with E-state index in [1.807, 2.05) is 0 Å². The summed E-state index contributed by atoms with van der Waals surface area (Å²) in [6.07, 6.45) is 2.12. The molecular weight excluding hydrogens is 232 g/mol. The summed E-state index contributed by atoms with van der Waals surface area (Å²) in [6, 6.07) is -0.291. The average Bonchev–Trinajstić information content (AvgIpc) is 2.61. The molecule has 2 N–H and O–H groups in total. The molecule has 0 fully saturated rings. The fraction of sp³-hybridized carbons (Fsp3) is 0.692. The van der Waals surface area contributed by atoms with Crippen molar-refractivity contribution in [3.8, 4) is 0 Å². The summed E-state index contributed by atoms with van der Waals surface area (Å²) in [6.45, 7) is 9.53. The molecule has 0 spiro atoms. The molecule has 0 aliphatic heterocycles. The summed E-state index contributed by atoms with van der Waals surface area (Å²) in [7, 11) is 0. The molecule has 0 aliphatic rings. The Kier molecular flexibility index (Phi) is 4.51. The Morgan fingerprint density at radius 3 is 2.61 bits per heavy atom. The van der Waals surface area contributed by atoms with Crippen molar-refractivity contribution in [2.75, 3.05) is 0 Å². The smallest absolute Gasteiger partial charge is 0.376 e. The van der Waals surface area contributed by atoms with Crippen molar-refractivity contribution in [2.45, 2.75) is 52.7 Å². The Hall–Kier alpha value is -1.36. The minimum Gasteiger partial charge on any atom is -0.454 e. The van der Waals surface area contributed by atoms with E-state index in [9.17, 15) is 4.79 Å². The monoisotopic (exact) mass is 254 g/mol. The highest BCUT2D eigenvalue weighted by Crippen LogP contribution is 2.20. The van der Waals surface area contributed by atoms with Crippen LogP contribution in [0.3, 0.4) is 0 Å². The molecule has 5 nitrogen and oxygen atoms in total. The number of esters is 1. The minimum atomic E-state index is -0.552. The van der Waals surface area contributed by atoms with Crippen LogP contribution in [0.1, 0.15) is 63.5 Å². The second-order valence-electron chi connectivity index (χ2n) is 5.80. The highest BCUT2D eigenvalue weighted by atomic mass is 16.6. The second-order valence-corrected chi connectivity index (χ2v) is 5.80. The van der Waals surface area contributed by atoms with Gasteiger partial charge in [0.05, 0.1) is 12.2 Å². The summed E-state index contributed by atoms with van der Waals surface area (Å²) >= 11 is 0. The van der Waals surface area contributed by atoms with Gasteiger partial charge in [-0.05, 0) is 33.1 Å². The maximum Gasteiger partial charge on any atom is 0.376 e. The van der Waals surface area contributed by atoms with Crippen molar-refractivity contribution in [2.24, 2.45) is 11.7 Å². The van der Waals surface area contributed by atoms with Crippen molar-refractivity contribution in [3.05, 3.63) is 17.8 Å². The van der Waals surface area contributed by atoms with Crippen LogP contribution in [-0.2, 0) is 4.74 Å². The van der Waals surface area contributed by atoms with Gasteiger partial charge < -0.3 is 14.9 Å². The van der Waals surface area contributed by atoms with E-state index in [0.717, 1.165) is 6.42 Å². The Bertz CT molecular complexity index is 405. The van der Waals surface area contributed by atoms with E-state index in [4.69, 9.17) is 14.9 Å². The minimum absolute atomic E-state index is 0.0964. The highest BCUT2D eigenvalue weighted by Gasteiger charge is 2.23. The van der Waals surface area contributed by atoms with Crippen molar-refractivity contribution in [1.29, 1.82) is 0 Å². The molecule has 1 atom stereocenters. The number of aromatic nitrogens is 1. The fourth-order valence-corrected chi connectivity index (χ4v) is 1.49. The lowest BCUT2D eigenvalue weighted by Crippen LogP contribution is -2.23. The first-order chi connectivity index (χ1) is 8.19. The van der Waals surface area contributed by atoms with Crippen LogP contribution in [0.15, 0.2) is 10.6 Å². The molecule has 0 saturated heterocycles. The molecule has 0 amide bonds. The predicted octanol–water partition coefficient (Wildman–Crippen LogP) is 2.68. The van der Waals surface area contributed by atoms with Gasteiger partial charge >= 0.3 is 5.97 Å². The van der Waals surface area contributed by atoms with E-state index in [2.05, 4.69) is 18.8 Å². The van der Waals surface area contributed by atoms with E-state index in [-0.39, 0.29) is 11.8 Å². The molecule has 18 heavy (non-hydrogen) atoms. The molecule has 0 aliphatic carbocycles. The second kappa shape index (κ2) is 5.52. The molecule has 1 aromatic rings. The van der Waals surface area contributed by atoms with Gasteiger partial charge in [0, 0.05) is 0 Å². The van der Waals surface area contributed by atoms with Gasteiger partial charge in [-0.15, -0.1) is 0 Å². The van der Waals surface area contributed by atoms with E-state index in [1.54, 1.807) is 20.8 Å². The van der Waals surface area contributed by atoms with Crippen LogP contribution >= 0.6 is 0 Å². The van der Waals surface area contributed by atoms with Crippen LogP contribution in [0, 0.1) is 5.92 Å². The summed E-state index contributed by atoms with van der Waals surface area (Å²) in [5.41, 5.74) is 5.38. The number of rotatable bonds is 4. The van der Waals surface area contributed by atoms with Gasteiger partial charge in [0.25, 0.3) is 0 Å². The van der Waals surface area contributed by atoms with Gasteiger partial charge in [-0.25, -0.2) is 9.78 Å². The molecule has 0 aromatic carbocycles. The first kappa shape index (κ1) is 14.7. The third-order valence-electron chi connectivity index (χ3n) is 2.17. The third-order valence-corrected chi connectivity index (χ3v) is 2.17. The maximum absolute atomic E-state index is 11.7. The summed E-state index contributed by atoms with van der Waals surface area (Å²) in [5, 5.41) is 0. The Morgan fingerprint density at radius 1 is 1.50 bits per heavy atom. The van der Waals surface area contributed by atoms with E-state index >= 15 is 0 Å². The quantitative estimate of drug-likeness (QED) is 0.836. The molecule has 1 aromatic heterocycles. The highest BCUT2D eigenvalue weighted by molar-refractivity contribution is 5.86. The summed E-state index contributed by atoms with van der Waals surface area (Å²) in [4.78, 5) is 15.7. The van der Waals surface area contributed by atoms with E-state index in [1.165, 1.54) is 6.20 Å². The largest absolute Gasteiger partial charge is 0.454 e. The topological polar surface area (TPSA) is 78.3 Å². The number of oxazole rings is 1. The zero-order valence-electron chi connectivity index (χ0n) is 11.7. The van der Waals surface area contributed by atoms with Crippen molar-refractivity contribution in [1.82, 2.24) is 4.98 Å². The number of nitrogens with two attached hydrogens (primary N) is 1. The standard InChI is InChI=1S/C13H22N2O3/c1-8(2)6-9(14)11-15-7-10(17-11)12(16)18-13(3,4)5/h7-9H,6,14H2,1-5H3. The zero-order chi connectivity index (χ0) is 13.9. The van der Waals surface area contributed by atoms with Gasteiger partial charge in [0.15, 0.2) is 0 Å². The van der Waals surface area contributed by atoms with Crippen molar-refractivity contribution < 1.29 is 13.9 Å². The van der Waals surface area contributed by atoms with Crippen LogP contribution in [0.2, 0.25) is 0 Å². The number of carbonyl (C=O) groups excluding carboxylic acids is 1. The first-order valence-corrected chi connectivity index (χ1v) is 6.13.